The summed E-state index contributed by atoms with van der Waals surface area (Å²) in [5, 5.41) is 10.1. The van der Waals surface area contributed by atoms with Gasteiger partial charge >= 0.3 is 6.03 Å². The average Bonchev–Trinajstić information content (AvgIpc) is 3.32. The van der Waals surface area contributed by atoms with E-state index >= 15 is 0 Å². The van der Waals surface area contributed by atoms with Crippen molar-refractivity contribution >= 4 is 23.3 Å². The fourth-order valence-electron chi connectivity index (χ4n) is 4.02. The van der Waals surface area contributed by atoms with Crippen molar-refractivity contribution in [2.75, 3.05) is 13.1 Å². The summed E-state index contributed by atoms with van der Waals surface area (Å²) >= 11 is 1.52. The molecule has 2 heterocycles. The Kier molecular flexibility index (Phi) is 8.13. The first kappa shape index (κ1) is 23.3. The van der Waals surface area contributed by atoms with Gasteiger partial charge in [0, 0.05) is 30.1 Å². The monoisotopic (exact) mass is 441 g/mol. The lowest BCUT2D eigenvalue weighted by Crippen LogP contribution is -2.50. The van der Waals surface area contributed by atoms with Gasteiger partial charge in [0.25, 0.3) is 5.91 Å². The molecule has 3 rings (SSSR count). The third kappa shape index (κ3) is 6.10. The number of carbonyl (C=O) groups is 2. The largest absolute Gasteiger partial charge is 0.349 e. The number of thiophene rings is 1. The first-order chi connectivity index (χ1) is 14.9. The number of hydrogen-bond donors (Lipinski definition) is 2. The van der Waals surface area contributed by atoms with Crippen LogP contribution in [0, 0.1) is 5.92 Å². The molecule has 1 fully saturated rings. The number of amides is 3. The zero-order chi connectivity index (χ0) is 22.4. The van der Waals surface area contributed by atoms with E-state index in [-0.39, 0.29) is 24.0 Å². The Morgan fingerprint density at radius 1 is 1.06 bits per heavy atom. The zero-order valence-corrected chi connectivity index (χ0v) is 19.9. The van der Waals surface area contributed by atoms with Gasteiger partial charge in [-0.05, 0) is 53.7 Å². The maximum atomic E-state index is 13.0. The molecule has 0 spiro atoms. The number of urea groups is 1. The van der Waals surface area contributed by atoms with E-state index in [1.807, 2.05) is 21.7 Å². The maximum absolute atomic E-state index is 13.0. The number of piperidine rings is 1. The fourth-order valence-corrected chi connectivity index (χ4v) is 4.65. The quantitative estimate of drug-likeness (QED) is 0.591. The Morgan fingerprint density at radius 3 is 2.26 bits per heavy atom. The number of nitrogens with one attached hydrogen (secondary N) is 2. The topological polar surface area (TPSA) is 61.4 Å². The van der Waals surface area contributed by atoms with Gasteiger partial charge in [-0.3, -0.25) is 4.79 Å². The first-order valence-corrected chi connectivity index (χ1v) is 12.3. The molecule has 1 saturated heterocycles. The van der Waals surface area contributed by atoms with E-state index in [4.69, 9.17) is 0 Å². The van der Waals surface area contributed by atoms with Crippen LogP contribution in [0.2, 0.25) is 0 Å². The predicted molar refractivity (Wildman–Crippen MR) is 128 cm³/mol. The summed E-state index contributed by atoms with van der Waals surface area (Å²) < 4.78 is 0. The summed E-state index contributed by atoms with van der Waals surface area (Å²) in [6, 6.07) is 10.6. The zero-order valence-electron chi connectivity index (χ0n) is 19.1. The second-order valence-corrected chi connectivity index (χ2v) is 9.67. The van der Waals surface area contributed by atoms with Crippen LogP contribution < -0.4 is 10.6 Å². The molecule has 3 amide bonds. The fraction of sp³-hybridized carbons (Fsp3) is 0.520. The van der Waals surface area contributed by atoms with Gasteiger partial charge in [0.1, 0.15) is 0 Å². The lowest BCUT2D eigenvalue weighted by molar-refractivity contribution is 0.0917. The Morgan fingerprint density at radius 2 is 1.71 bits per heavy atom. The smallest absolute Gasteiger partial charge is 0.317 e. The van der Waals surface area contributed by atoms with Gasteiger partial charge < -0.3 is 15.5 Å². The van der Waals surface area contributed by atoms with Crippen molar-refractivity contribution in [3.8, 4) is 0 Å². The molecule has 2 unspecified atom stereocenters. The number of nitrogens with zero attached hydrogens (tertiary/aromatic N) is 1. The second kappa shape index (κ2) is 10.8. The lowest BCUT2D eigenvalue weighted by Gasteiger charge is -2.34. The highest BCUT2D eigenvalue weighted by Crippen LogP contribution is 2.26. The summed E-state index contributed by atoms with van der Waals surface area (Å²) in [6.45, 7) is 10.0. The highest BCUT2D eigenvalue weighted by Gasteiger charge is 2.27. The molecule has 1 aliphatic rings. The van der Waals surface area contributed by atoms with E-state index in [0.717, 1.165) is 24.8 Å². The molecular weight excluding hydrogens is 406 g/mol. The normalized spacial score (nSPS) is 16.7. The third-order valence-corrected chi connectivity index (χ3v) is 7.01. The summed E-state index contributed by atoms with van der Waals surface area (Å²) in [5.41, 5.74) is 3.20. The van der Waals surface area contributed by atoms with Crippen LogP contribution >= 0.6 is 11.3 Å². The molecule has 2 N–H and O–H groups in total. The molecule has 0 aliphatic carbocycles. The van der Waals surface area contributed by atoms with Crippen LogP contribution in [0.4, 0.5) is 4.79 Å². The third-order valence-electron chi connectivity index (χ3n) is 6.32. The van der Waals surface area contributed by atoms with Crippen LogP contribution in [0.5, 0.6) is 0 Å². The highest BCUT2D eigenvalue weighted by atomic mass is 32.1. The molecular formula is C25H35N3O2S. The van der Waals surface area contributed by atoms with Crippen molar-refractivity contribution < 1.29 is 9.59 Å². The van der Waals surface area contributed by atoms with Crippen LogP contribution in [-0.2, 0) is 0 Å². The predicted octanol–water partition coefficient (Wildman–Crippen LogP) is 5.56. The van der Waals surface area contributed by atoms with Crippen molar-refractivity contribution in [2.45, 2.75) is 65.0 Å². The Balaban J connectivity index is 1.54. The second-order valence-electron chi connectivity index (χ2n) is 8.89. The number of carbonyl (C=O) groups excluding carboxylic acids is 2. The van der Waals surface area contributed by atoms with Gasteiger partial charge in [0.15, 0.2) is 0 Å². The number of rotatable bonds is 7. The average molecular weight is 442 g/mol. The molecule has 6 heteroatoms. The van der Waals surface area contributed by atoms with Gasteiger partial charge in [-0.25, -0.2) is 4.79 Å². The molecule has 168 valence electrons. The van der Waals surface area contributed by atoms with Crippen molar-refractivity contribution in [1.29, 1.82) is 0 Å². The van der Waals surface area contributed by atoms with Crippen LogP contribution in [0.25, 0.3) is 0 Å². The molecule has 0 bridgehead atoms. The summed E-state index contributed by atoms with van der Waals surface area (Å²) in [4.78, 5) is 27.1. The van der Waals surface area contributed by atoms with E-state index in [0.29, 0.717) is 30.5 Å². The number of benzene rings is 1. The van der Waals surface area contributed by atoms with E-state index < -0.39 is 0 Å². The molecule has 31 heavy (non-hydrogen) atoms. The first-order valence-electron chi connectivity index (χ1n) is 11.4. The van der Waals surface area contributed by atoms with Gasteiger partial charge in [-0.15, -0.1) is 0 Å². The van der Waals surface area contributed by atoms with Gasteiger partial charge in [-0.1, -0.05) is 52.0 Å². The van der Waals surface area contributed by atoms with Gasteiger partial charge in [0.2, 0.25) is 0 Å². The molecule has 0 radical (unpaired) electrons. The van der Waals surface area contributed by atoms with E-state index in [1.165, 1.54) is 16.9 Å². The summed E-state index contributed by atoms with van der Waals surface area (Å²) in [5.74, 6) is 0.813. The number of likely N-dealkylation sites (tertiary alicyclic amines) is 1. The van der Waals surface area contributed by atoms with E-state index in [1.54, 1.807) is 0 Å². The van der Waals surface area contributed by atoms with Crippen molar-refractivity contribution in [1.82, 2.24) is 15.5 Å². The standard InChI is InChI=1S/C25H35N3O2S/c1-5-18(4)19-6-8-20(9-7-19)23(17(2)3)27-25(30)28-13-10-22(11-14-28)26-24(29)21-12-15-31-16-21/h6-9,12,15-18,22-23H,5,10-11,13-14H2,1-4H3,(H,26,29)(H,27,30). The van der Waals surface area contributed by atoms with Crippen LogP contribution in [-0.4, -0.2) is 36.0 Å². The van der Waals surface area contributed by atoms with Crippen molar-refractivity contribution in [3.05, 3.63) is 57.8 Å². The molecule has 2 atom stereocenters. The lowest BCUT2D eigenvalue weighted by atomic mass is 9.92. The van der Waals surface area contributed by atoms with Gasteiger partial charge in [-0.2, -0.15) is 11.3 Å². The van der Waals surface area contributed by atoms with Gasteiger partial charge in [0.05, 0.1) is 6.04 Å². The Labute approximate surface area is 190 Å². The van der Waals surface area contributed by atoms with Crippen LogP contribution in [0.1, 0.15) is 80.4 Å². The van der Waals surface area contributed by atoms with Crippen molar-refractivity contribution in [3.63, 3.8) is 0 Å². The van der Waals surface area contributed by atoms with E-state index in [2.05, 4.69) is 62.6 Å². The summed E-state index contributed by atoms with van der Waals surface area (Å²) in [6.07, 6.45) is 2.67. The number of hydrogen-bond acceptors (Lipinski definition) is 3. The van der Waals surface area contributed by atoms with Crippen LogP contribution in [0.3, 0.4) is 0 Å². The minimum Gasteiger partial charge on any atom is -0.349 e. The molecule has 5 nitrogen and oxygen atoms in total. The Bertz CT molecular complexity index is 840. The van der Waals surface area contributed by atoms with Crippen LogP contribution in [0.15, 0.2) is 41.1 Å². The summed E-state index contributed by atoms with van der Waals surface area (Å²) in [7, 11) is 0. The maximum Gasteiger partial charge on any atom is 0.317 e. The minimum atomic E-state index is -0.0233. The highest BCUT2D eigenvalue weighted by molar-refractivity contribution is 7.08. The van der Waals surface area contributed by atoms with Crippen molar-refractivity contribution in [2.24, 2.45) is 5.92 Å². The molecule has 2 aromatic rings. The minimum absolute atomic E-state index is 0.0190. The SMILES string of the molecule is CCC(C)c1ccc(C(NC(=O)N2CCC(NC(=O)c3ccsc3)CC2)C(C)C)cc1. The molecule has 0 saturated carbocycles. The molecule has 1 aromatic carbocycles. The Hall–Kier alpha value is -2.34. The molecule has 1 aliphatic heterocycles. The van der Waals surface area contributed by atoms with E-state index in [9.17, 15) is 9.59 Å². The molecule has 1 aromatic heterocycles.